The number of aliphatic imine (C=N–C) groups is 1. The number of rotatable bonds is 57. The van der Waals surface area contributed by atoms with Crippen LogP contribution in [-0.2, 0) is 62.3 Å². The van der Waals surface area contributed by atoms with E-state index < -0.39 is 157 Å². The molecule has 0 saturated heterocycles. The number of carbonyl (C=O) groups is 13. The molecule has 0 heterocycles. The van der Waals surface area contributed by atoms with E-state index in [1.165, 1.54) is 51.9 Å². The second kappa shape index (κ2) is 53.5. The normalized spacial score (nSPS) is 14.5. The Kier molecular flexibility index (Phi) is 49.4. The van der Waals surface area contributed by atoms with E-state index in [-0.39, 0.29) is 74.9 Å². The molecule has 11 atom stereocenters. The van der Waals surface area contributed by atoms with Crippen LogP contribution in [0.4, 0.5) is 0 Å². The van der Waals surface area contributed by atoms with Gasteiger partial charge in [0, 0.05) is 31.7 Å². The number of amides is 12. The zero-order valence-corrected chi connectivity index (χ0v) is 57.7. The van der Waals surface area contributed by atoms with Crippen LogP contribution in [0.15, 0.2) is 4.99 Å². The highest BCUT2D eigenvalue weighted by atomic mass is 32.2. The number of primary amides is 1. The summed E-state index contributed by atoms with van der Waals surface area (Å²) >= 11 is 1.12. The van der Waals surface area contributed by atoms with Crippen molar-refractivity contribution >= 4 is 94.6 Å². The minimum absolute atomic E-state index is 0.0317. The van der Waals surface area contributed by atoms with E-state index in [0.717, 1.165) is 51.3 Å². The SMILES string of the molecule is CCCCCCCCCCCCCNC(=O)CCCSC[C@H](NC(=O)[C@H](CCCN=C(N)N)NC(=O)[C@H](C)NC(=O)[C@@H](NC(=O)[C@H](CCC(N)=O)NC(=O)[C@@H](N)CCCCN)[C@@H](C)O)C(=O)N[C@@H](CO)C(=O)N[C@H](C(=O)NCC(=O)NCC(=O)N[C@@H](CCCCN)C(=O)O)[C@@H](C)O. The van der Waals surface area contributed by atoms with Gasteiger partial charge in [-0.2, -0.15) is 11.8 Å². The highest BCUT2D eigenvalue weighted by Crippen LogP contribution is 2.13. The van der Waals surface area contributed by atoms with Crippen molar-refractivity contribution < 1.29 is 82.8 Å². The Morgan fingerprint density at radius 3 is 1.51 bits per heavy atom. The van der Waals surface area contributed by atoms with Gasteiger partial charge < -0.3 is 113 Å². The molecule has 0 radical (unpaired) electrons. The van der Waals surface area contributed by atoms with Gasteiger partial charge in [0.25, 0.3) is 0 Å². The highest BCUT2D eigenvalue weighted by molar-refractivity contribution is 7.99. The summed E-state index contributed by atoms with van der Waals surface area (Å²) in [6.07, 6.45) is 11.2. The van der Waals surface area contributed by atoms with E-state index in [2.05, 4.69) is 70.4 Å². The van der Waals surface area contributed by atoms with Crippen molar-refractivity contribution in [3.8, 4) is 0 Å². The molecule has 27 N–H and O–H groups in total. The minimum Gasteiger partial charge on any atom is -0.480 e. The molecule has 12 amide bonds. The lowest BCUT2D eigenvalue weighted by molar-refractivity contribution is -0.142. The van der Waals surface area contributed by atoms with Crippen molar-refractivity contribution in [2.75, 3.05) is 57.4 Å². The third-order valence-electron chi connectivity index (χ3n) is 15.1. The summed E-state index contributed by atoms with van der Waals surface area (Å²) < 4.78 is 0. The molecular formula is C61H114N18O17S. The van der Waals surface area contributed by atoms with Crippen LogP contribution in [0.3, 0.4) is 0 Å². The summed E-state index contributed by atoms with van der Waals surface area (Å²) in [7, 11) is 0. The number of hydrogen-bond acceptors (Lipinski definition) is 21. The van der Waals surface area contributed by atoms with Crippen LogP contribution in [0.1, 0.15) is 175 Å². The Morgan fingerprint density at radius 2 is 0.948 bits per heavy atom. The molecule has 0 aliphatic rings. The van der Waals surface area contributed by atoms with Crippen LogP contribution < -0.4 is 92.9 Å². The Bertz CT molecular complexity index is 2460. The van der Waals surface area contributed by atoms with E-state index in [1.54, 1.807) is 0 Å². The Labute approximate surface area is 572 Å². The van der Waals surface area contributed by atoms with Gasteiger partial charge in [0.2, 0.25) is 70.9 Å². The molecule has 0 unspecified atom stereocenters. The first kappa shape index (κ1) is 89.5. The maximum absolute atomic E-state index is 14.4. The fraction of sp³-hybridized carbons (Fsp3) is 0.770. The predicted molar refractivity (Wildman–Crippen MR) is 363 cm³/mol. The number of aliphatic hydroxyl groups is 3. The van der Waals surface area contributed by atoms with Crippen molar-refractivity contribution in [3.05, 3.63) is 0 Å². The average Bonchev–Trinajstić information content (AvgIpc) is 0.910. The highest BCUT2D eigenvalue weighted by Gasteiger charge is 2.36. The molecule has 0 aliphatic heterocycles. The van der Waals surface area contributed by atoms with Gasteiger partial charge in [-0.1, -0.05) is 77.6 Å². The van der Waals surface area contributed by atoms with Gasteiger partial charge >= 0.3 is 5.97 Å². The number of unbranched alkanes of at least 4 members (excludes halogenated alkanes) is 12. The number of nitrogens with two attached hydrogens (primary N) is 6. The number of carboxylic acids is 1. The number of carboxylic acid groups (broad SMARTS) is 1. The first-order valence-corrected chi connectivity index (χ1v) is 34.7. The molecular weight excluding hydrogens is 1290 g/mol. The third-order valence-corrected chi connectivity index (χ3v) is 16.2. The summed E-state index contributed by atoms with van der Waals surface area (Å²) in [5, 5.41) is 67.3. The molecule has 0 bridgehead atoms. The van der Waals surface area contributed by atoms with Crippen LogP contribution >= 0.6 is 11.8 Å². The van der Waals surface area contributed by atoms with Crippen molar-refractivity contribution in [3.63, 3.8) is 0 Å². The van der Waals surface area contributed by atoms with Crippen molar-refractivity contribution in [2.24, 2.45) is 39.4 Å². The molecule has 0 aromatic carbocycles. The number of carbonyl (C=O) groups excluding carboxylic acids is 12. The lowest BCUT2D eigenvalue weighted by Crippen LogP contribution is -2.62. The van der Waals surface area contributed by atoms with Gasteiger partial charge in [-0.3, -0.25) is 62.5 Å². The number of aliphatic carboxylic acids is 1. The fourth-order valence-electron chi connectivity index (χ4n) is 9.31. The van der Waals surface area contributed by atoms with E-state index in [4.69, 9.17) is 34.4 Å². The summed E-state index contributed by atoms with van der Waals surface area (Å²) in [6, 6.07) is -13.9. The van der Waals surface area contributed by atoms with Crippen LogP contribution in [0, 0.1) is 0 Å². The monoisotopic (exact) mass is 1400 g/mol. The number of hydrogen-bond donors (Lipinski definition) is 21. The van der Waals surface area contributed by atoms with Gasteiger partial charge in [0.1, 0.15) is 48.3 Å². The molecule has 556 valence electrons. The largest absolute Gasteiger partial charge is 0.480 e. The molecule has 0 saturated carbocycles. The number of guanidine groups is 1. The van der Waals surface area contributed by atoms with E-state index in [0.29, 0.717) is 51.7 Å². The molecule has 0 aliphatic carbocycles. The number of thioether (sulfide) groups is 1. The van der Waals surface area contributed by atoms with Crippen LogP contribution in [-0.4, -0.2) is 227 Å². The Hall–Kier alpha value is -7.51. The zero-order chi connectivity index (χ0) is 73.3. The predicted octanol–water partition coefficient (Wildman–Crippen LogP) is -5.20. The van der Waals surface area contributed by atoms with E-state index >= 15 is 0 Å². The maximum Gasteiger partial charge on any atom is 0.326 e. The molecule has 0 spiro atoms. The van der Waals surface area contributed by atoms with Crippen LogP contribution in [0.2, 0.25) is 0 Å². The number of nitrogens with zero attached hydrogens (tertiary/aromatic N) is 1. The van der Waals surface area contributed by atoms with Gasteiger partial charge in [-0.15, -0.1) is 0 Å². The van der Waals surface area contributed by atoms with Gasteiger partial charge in [0.05, 0.1) is 37.9 Å². The molecule has 35 nitrogen and oxygen atoms in total. The molecule has 0 aromatic heterocycles. The summed E-state index contributed by atoms with van der Waals surface area (Å²) in [5.41, 5.74) is 33.3. The minimum atomic E-state index is -1.87. The molecule has 0 fully saturated rings. The summed E-state index contributed by atoms with van der Waals surface area (Å²) in [6.45, 7) is 4.17. The van der Waals surface area contributed by atoms with Crippen molar-refractivity contribution in [1.82, 2.24) is 58.5 Å². The quantitative estimate of drug-likeness (QED) is 0.0154. The molecule has 0 rings (SSSR count). The number of aliphatic hydroxyl groups excluding tert-OH is 3. The number of nitrogens with one attached hydrogen (secondary N) is 11. The fourth-order valence-corrected chi connectivity index (χ4v) is 10.3. The lowest BCUT2D eigenvalue weighted by atomic mass is 10.1. The Balaban J connectivity index is 6.56. The summed E-state index contributed by atoms with van der Waals surface area (Å²) in [5.74, 6) is -12.7. The standard InChI is InChI=1S/C61H114N18O17S/c1-5-6-7-8-9-10-11-12-13-14-19-30-68-47(84)25-21-32-97-36-45(57(92)76-44(35-80)56(91)78-50(38(3)81)58(93)71-33-48(85)70-34-49(86)73-43(60(95)96)23-16-18-29-63)77-54(89)41(24-20-31-69-61(66)67)74-52(87)37(2)72-59(94)51(39(4)82)79-55(90)42(26-27-46(65)83)75-53(88)40(64)22-15-17-28-62/h37-45,50-51,80-82H,5-36,62-64H2,1-4H3,(H2,65,83)(H,68,84)(H,70,85)(H,71,93)(H,72,94)(H,73,86)(H,74,87)(H,75,88)(H,76,92)(H,77,89)(H,78,91)(H,79,90)(H,95,96)(H4,66,67,69)/t37-,38+,39+,40-,41-,42-,43-,44-,45-,50-,51-/m0/s1. The summed E-state index contributed by atoms with van der Waals surface area (Å²) in [4.78, 5) is 175. The maximum atomic E-state index is 14.4. The lowest BCUT2D eigenvalue weighted by Gasteiger charge is -2.28. The third kappa shape index (κ3) is 42.7. The molecule has 36 heteroatoms. The second-order valence-electron chi connectivity index (χ2n) is 23.8. The van der Waals surface area contributed by atoms with Crippen LogP contribution in [0.25, 0.3) is 0 Å². The van der Waals surface area contributed by atoms with Crippen molar-refractivity contribution in [2.45, 2.75) is 242 Å². The first-order valence-electron chi connectivity index (χ1n) is 33.5. The average molecular weight is 1400 g/mol. The molecule has 97 heavy (non-hydrogen) atoms. The first-order chi connectivity index (χ1) is 46.0. The van der Waals surface area contributed by atoms with Gasteiger partial charge in [0.15, 0.2) is 5.96 Å². The van der Waals surface area contributed by atoms with E-state index in [1.807, 2.05) is 0 Å². The topological polar surface area (TPSA) is 604 Å². The van der Waals surface area contributed by atoms with Crippen LogP contribution in [0.5, 0.6) is 0 Å². The molecule has 0 aromatic rings. The van der Waals surface area contributed by atoms with Gasteiger partial charge in [-0.25, -0.2) is 4.79 Å². The zero-order valence-electron chi connectivity index (χ0n) is 56.9. The van der Waals surface area contributed by atoms with Crippen molar-refractivity contribution in [1.29, 1.82) is 0 Å². The van der Waals surface area contributed by atoms with Gasteiger partial charge in [-0.05, 0) is 104 Å². The smallest absolute Gasteiger partial charge is 0.326 e. The Morgan fingerprint density at radius 1 is 0.454 bits per heavy atom. The van der Waals surface area contributed by atoms with E-state index in [9.17, 15) is 82.8 Å². The second-order valence-corrected chi connectivity index (χ2v) is 24.9.